The van der Waals surface area contributed by atoms with Crippen LogP contribution in [-0.4, -0.2) is 43.2 Å². The maximum absolute atomic E-state index is 11.2. The van der Waals surface area contributed by atoms with Gasteiger partial charge in [-0.25, -0.2) is 9.59 Å². The summed E-state index contributed by atoms with van der Waals surface area (Å²) < 4.78 is 9.83. The van der Waals surface area contributed by atoms with Crippen LogP contribution in [0.25, 0.3) is 0 Å². The molecule has 0 aliphatic rings. The van der Waals surface area contributed by atoms with Gasteiger partial charge in [0, 0.05) is 6.54 Å². The molecule has 0 bridgehead atoms. The molecule has 0 fully saturated rings. The molecule has 0 aromatic rings. The van der Waals surface area contributed by atoms with E-state index in [0.29, 0.717) is 12.3 Å². The zero-order valence-corrected chi connectivity index (χ0v) is 12.0. The number of hydrogen-bond donors (Lipinski definition) is 3. The molecule has 106 valence electrons. The Morgan fingerprint density at radius 3 is 2.28 bits per heavy atom. The van der Waals surface area contributed by atoms with Crippen molar-refractivity contribution in [3.05, 3.63) is 0 Å². The summed E-state index contributed by atoms with van der Waals surface area (Å²) in [5.74, 6) is 0.709. The first kappa shape index (κ1) is 16.9. The lowest BCUT2D eigenvalue weighted by Gasteiger charge is -2.19. The maximum Gasteiger partial charge on any atom is 0.407 e. The predicted octanol–water partition coefficient (Wildman–Crippen LogP) is 1.56. The molecule has 0 saturated carbocycles. The fourth-order valence-corrected chi connectivity index (χ4v) is 1.09. The molecule has 2 N–H and O–H groups in total. The van der Waals surface area contributed by atoms with Gasteiger partial charge in [-0.1, -0.05) is 0 Å². The van der Waals surface area contributed by atoms with Crippen LogP contribution in [0.3, 0.4) is 0 Å². The van der Waals surface area contributed by atoms with Crippen LogP contribution in [0.1, 0.15) is 27.2 Å². The van der Waals surface area contributed by atoms with Crippen molar-refractivity contribution in [2.24, 2.45) is 0 Å². The standard InChI is InChI=1S/C11H22N2O4S/c1-11(2,3)17-10(15)13-6-7-16-9(14)12-5-4-8-18/h18H,4-8H2,1-3H3,(H,12,14)(H,13,15). The minimum absolute atomic E-state index is 0.103. The largest absolute Gasteiger partial charge is 0.448 e. The third-order valence-electron chi connectivity index (χ3n) is 1.61. The van der Waals surface area contributed by atoms with E-state index in [0.717, 1.165) is 6.42 Å². The Bertz CT molecular complexity index is 266. The first-order valence-electron chi connectivity index (χ1n) is 5.83. The molecule has 0 unspecified atom stereocenters. The van der Waals surface area contributed by atoms with Crippen LogP contribution in [0.5, 0.6) is 0 Å². The van der Waals surface area contributed by atoms with Gasteiger partial charge in [-0.15, -0.1) is 0 Å². The van der Waals surface area contributed by atoms with Crippen molar-refractivity contribution in [1.82, 2.24) is 10.6 Å². The summed E-state index contributed by atoms with van der Waals surface area (Å²) in [5.41, 5.74) is -0.533. The molecule has 2 amide bonds. The quantitative estimate of drug-likeness (QED) is 0.509. The molecule has 0 heterocycles. The first-order valence-corrected chi connectivity index (χ1v) is 6.47. The minimum Gasteiger partial charge on any atom is -0.448 e. The van der Waals surface area contributed by atoms with Crippen LogP contribution in [0, 0.1) is 0 Å². The lowest BCUT2D eigenvalue weighted by Crippen LogP contribution is -2.35. The normalized spacial score (nSPS) is 10.7. The second kappa shape index (κ2) is 8.91. The van der Waals surface area contributed by atoms with Crippen LogP contribution in [0.4, 0.5) is 9.59 Å². The molecule has 0 aromatic carbocycles. The number of thiol groups is 1. The number of hydrogen-bond acceptors (Lipinski definition) is 5. The topological polar surface area (TPSA) is 76.7 Å². The highest BCUT2D eigenvalue weighted by atomic mass is 32.1. The van der Waals surface area contributed by atoms with Gasteiger partial charge < -0.3 is 20.1 Å². The number of rotatable bonds is 6. The third-order valence-corrected chi connectivity index (χ3v) is 1.92. The molecule has 0 aliphatic carbocycles. The van der Waals surface area contributed by atoms with Crippen molar-refractivity contribution in [3.63, 3.8) is 0 Å². The molecular weight excluding hydrogens is 256 g/mol. The molecule has 7 heteroatoms. The summed E-state index contributed by atoms with van der Waals surface area (Å²) in [4.78, 5) is 22.3. The van der Waals surface area contributed by atoms with Gasteiger partial charge in [0.25, 0.3) is 0 Å². The molecule has 18 heavy (non-hydrogen) atoms. The number of ether oxygens (including phenoxy) is 2. The number of carbonyl (C=O) groups excluding carboxylic acids is 2. The molecule has 0 radical (unpaired) electrons. The van der Waals surface area contributed by atoms with Crippen LogP contribution in [-0.2, 0) is 9.47 Å². The molecular formula is C11H22N2O4S. The van der Waals surface area contributed by atoms with E-state index in [1.807, 2.05) is 0 Å². The monoisotopic (exact) mass is 278 g/mol. The minimum atomic E-state index is -0.533. The number of alkyl carbamates (subject to hydrolysis) is 2. The van der Waals surface area contributed by atoms with Gasteiger partial charge in [0.15, 0.2) is 0 Å². The van der Waals surface area contributed by atoms with Gasteiger partial charge in [-0.2, -0.15) is 12.6 Å². The zero-order chi connectivity index (χ0) is 14.0. The van der Waals surface area contributed by atoms with Gasteiger partial charge in [-0.3, -0.25) is 0 Å². The van der Waals surface area contributed by atoms with Crippen LogP contribution >= 0.6 is 12.6 Å². The SMILES string of the molecule is CC(C)(C)OC(=O)NCCOC(=O)NCCCS. The third kappa shape index (κ3) is 11.4. The molecule has 0 saturated heterocycles. The number of amides is 2. The van der Waals surface area contributed by atoms with E-state index in [9.17, 15) is 9.59 Å². The van der Waals surface area contributed by atoms with E-state index in [2.05, 4.69) is 23.3 Å². The van der Waals surface area contributed by atoms with Crippen LogP contribution in [0.15, 0.2) is 0 Å². The maximum atomic E-state index is 11.2. The summed E-state index contributed by atoms with van der Waals surface area (Å²) in [6.07, 6.45) is -0.238. The Morgan fingerprint density at radius 2 is 1.72 bits per heavy atom. The molecule has 0 atom stereocenters. The summed E-state index contributed by atoms with van der Waals surface area (Å²) in [6.45, 7) is 6.18. The average molecular weight is 278 g/mol. The summed E-state index contributed by atoms with van der Waals surface area (Å²) in [7, 11) is 0. The van der Waals surface area contributed by atoms with Gasteiger partial charge in [0.1, 0.15) is 12.2 Å². The van der Waals surface area contributed by atoms with Gasteiger partial charge in [-0.05, 0) is 32.9 Å². The second-order valence-corrected chi connectivity index (χ2v) is 5.02. The summed E-state index contributed by atoms with van der Waals surface area (Å²) >= 11 is 4.01. The smallest absolute Gasteiger partial charge is 0.407 e. The van der Waals surface area contributed by atoms with Crippen molar-refractivity contribution in [2.45, 2.75) is 32.8 Å². The van der Waals surface area contributed by atoms with E-state index < -0.39 is 17.8 Å². The van der Waals surface area contributed by atoms with E-state index in [1.54, 1.807) is 20.8 Å². The fourth-order valence-electron chi connectivity index (χ4n) is 0.932. The van der Waals surface area contributed by atoms with Gasteiger partial charge in [0.2, 0.25) is 0 Å². The van der Waals surface area contributed by atoms with Crippen molar-refractivity contribution in [3.8, 4) is 0 Å². The summed E-state index contributed by atoms with van der Waals surface area (Å²) in [6, 6.07) is 0. The van der Waals surface area contributed by atoms with Crippen molar-refractivity contribution in [2.75, 3.05) is 25.4 Å². The van der Waals surface area contributed by atoms with Gasteiger partial charge in [0.05, 0.1) is 6.54 Å². The molecule has 0 rings (SSSR count). The predicted molar refractivity (Wildman–Crippen MR) is 72.1 cm³/mol. The van der Waals surface area contributed by atoms with Crippen LogP contribution < -0.4 is 10.6 Å². The Kier molecular flexibility index (Phi) is 8.36. The van der Waals surface area contributed by atoms with Crippen molar-refractivity contribution < 1.29 is 19.1 Å². The fraction of sp³-hybridized carbons (Fsp3) is 0.818. The Balaban J connectivity index is 3.50. The lowest BCUT2D eigenvalue weighted by atomic mass is 10.2. The second-order valence-electron chi connectivity index (χ2n) is 4.57. The molecule has 6 nitrogen and oxygen atoms in total. The molecule has 0 aromatic heterocycles. The lowest BCUT2D eigenvalue weighted by molar-refractivity contribution is 0.0512. The van der Waals surface area contributed by atoms with Crippen LogP contribution in [0.2, 0.25) is 0 Å². The Labute approximate surface area is 113 Å². The van der Waals surface area contributed by atoms with E-state index in [4.69, 9.17) is 9.47 Å². The Morgan fingerprint density at radius 1 is 1.11 bits per heavy atom. The highest BCUT2D eigenvalue weighted by molar-refractivity contribution is 7.80. The Hall–Kier alpha value is -1.11. The molecule has 0 aliphatic heterocycles. The number of carbonyl (C=O) groups is 2. The highest BCUT2D eigenvalue weighted by Crippen LogP contribution is 2.05. The van der Waals surface area contributed by atoms with Crippen molar-refractivity contribution in [1.29, 1.82) is 0 Å². The van der Waals surface area contributed by atoms with Gasteiger partial charge >= 0.3 is 12.2 Å². The molecule has 0 spiro atoms. The van der Waals surface area contributed by atoms with E-state index in [1.165, 1.54) is 0 Å². The number of nitrogens with one attached hydrogen (secondary N) is 2. The zero-order valence-electron chi connectivity index (χ0n) is 11.1. The van der Waals surface area contributed by atoms with E-state index >= 15 is 0 Å². The average Bonchev–Trinajstić information content (AvgIpc) is 2.22. The highest BCUT2D eigenvalue weighted by Gasteiger charge is 2.15. The van der Waals surface area contributed by atoms with Crippen molar-refractivity contribution >= 4 is 24.8 Å². The first-order chi connectivity index (χ1) is 8.35. The van der Waals surface area contributed by atoms with E-state index in [-0.39, 0.29) is 13.2 Å². The summed E-state index contributed by atoms with van der Waals surface area (Å²) in [5, 5.41) is 5.04.